The summed E-state index contributed by atoms with van der Waals surface area (Å²) in [7, 11) is 0. The van der Waals surface area contributed by atoms with E-state index in [-0.39, 0.29) is 5.60 Å². The lowest BCUT2D eigenvalue weighted by Crippen LogP contribution is -2.51. The number of likely N-dealkylation sites (tertiary alicyclic amines) is 1. The first-order valence-corrected chi connectivity index (χ1v) is 9.89. The number of β-amino-alcohol motifs (C(OH)–C–C–N with tert-alkyl or cyclic N) is 1. The molecule has 27 heavy (non-hydrogen) atoms. The average Bonchev–Trinajstić information content (AvgIpc) is 2.65. The molecule has 2 N–H and O–H groups in total. The van der Waals surface area contributed by atoms with E-state index in [1.807, 2.05) is 49.4 Å². The summed E-state index contributed by atoms with van der Waals surface area (Å²) in [5.74, 6) is 0.826. The van der Waals surface area contributed by atoms with E-state index < -0.39 is 12.2 Å². The van der Waals surface area contributed by atoms with Crippen LogP contribution in [0.5, 0.6) is 5.75 Å². The SMILES string of the molecule is Cc1ccc(C(O)CN2CCC3(CC2)CC(O)c2cc(C)ccc2O3)cc1. The van der Waals surface area contributed by atoms with Crippen molar-refractivity contribution in [2.45, 2.75) is 50.9 Å². The monoisotopic (exact) mass is 367 g/mol. The number of nitrogens with zero attached hydrogens (tertiary/aromatic N) is 1. The number of aliphatic hydroxyl groups is 2. The number of hydrogen-bond donors (Lipinski definition) is 2. The zero-order valence-corrected chi connectivity index (χ0v) is 16.2. The van der Waals surface area contributed by atoms with Crippen molar-refractivity contribution in [3.05, 3.63) is 64.7 Å². The highest BCUT2D eigenvalue weighted by atomic mass is 16.5. The molecule has 1 fully saturated rings. The second-order valence-corrected chi connectivity index (χ2v) is 8.27. The first kappa shape index (κ1) is 18.5. The fourth-order valence-corrected chi connectivity index (χ4v) is 4.35. The molecule has 2 atom stereocenters. The van der Waals surface area contributed by atoms with Gasteiger partial charge in [0.25, 0.3) is 0 Å². The van der Waals surface area contributed by atoms with Gasteiger partial charge in [-0.1, -0.05) is 41.5 Å². The molecule has 2 unspecified atom stereocenters. The molecular weight excluding hydrogens is 338 g/mol. The van der Waals surface area contributed by atoms with E-state index in [0.29, 0.717) is 13.0 Å². The molecular formula is C23H29NO3. The van der Waals surface area contributed by atoms with Crippen molar-refractivity contribution < 1.29 is 14.9 Å². The van der Waals surface area contributed by atoms with Crippen LogP contribution in [0.15, 0.2) is 42.5 Å². The van der Waals surface area contributed by atoms with E-state index in [1.54, 1.807) is 0 Å². The minimum absolute atomic E-state index is 0.285. The Kier molecular flexibility index (Phi) is 4.97. The number of fused-ring (bicyclic) bond motifs is 1. The summed E-state index contributed by atoms with van der Waals surface area (Å²) in [6, 6.07) is 14.1. The third kappa shape index (κ3) is 3.88. The first-order chi connectivity index (χ1) is 12.9. The van der Waals surface area contributed by atoms with Gasteiger partial charge in [0.15, 0.2) is 0 Å². The molecule has 0 aromatic heterocycles. The van der Waals surface area contributed by atoms with Crippen LogP contribution in [0.4, 0.5) is 0 Å². The van der Waals surface area contributed by atoms with E-state index in [1.165, 1.54) is 5.56 Å². The van der Waals surface area contributed by atoms with Crippen LogP contribution in [0.25, 0.3) is 0 Å². The normalized spacial score (nSPS) is 22.9. The molecule has 1 spiro atoms. The van der Waals surface area contributed by atoms with Crippen molar-refractivity contribution in [3.8, 4) is 5.75 Å². The maximum atomic E-state index is 10.7. The predicted molar refractivity (Wildman–Crippen MR) is 106 cm³/mol. The van der Waals surface area contributed by atoms with E-state index >= 15 is 0 Å². The van der Waals surface area contributed by atoms with Crippen LogP contribution in [-0.4, -0.2) is 40.3 Å². The Balaban J connectivity index is 1.39. The number of ether oxygens (including phenoxy) is 1. The molecule has 2 heterocycles. The van der Waals surface area contributed by atoms with Gasteiger partial charge in [0.1, 0.15) is 11.4 Å². The molecule has 1 saturated heterocycles. The highest BCUT2D eigenvalue weighted by molar-refractivity contribution is 5.41. The standard InChI is InChI=1S/C23H29NO3/c1-16-3-6-18(7-4-16)21(26)15-24-11-9-23(10-12-24)14-20(25)19-13-17(2)5-8-22(19)27-23/h3-8,13,20-21,25-26H,9-12,14-15H2,1-2H3. The lowest BCUT2D eigenvalue weighted by atomic mass is 9.81. The van der Waals surface area contributed by atoms with Crippen LogP contribution in [0, 0.1) is 13.8 Å². The lowest BCUT2D eigenvalue weighted by molar-refractivity contribution is -0.0588. The summed E-state index contributed by atoms with van der Waals surface area (Å²) in [4.78, 5) is 2.30. The van der Waals surface area contributed by atoms with Gasteiger partial charge in [-0.05, 0) is 44.4 Å². The molecule has 0 bridgehead atoms. The summed E-state index contributed by atoms with van der Waals surface area (Å²) in [6.07, 6.45) is 1.47. The third-order valence-corrected chi connectivity index (χ3v) is 6.08. The van der Waals surface area contributed by atoms with Crippen molar-refractivity contribution in [1.29, 1.82) is 0 Å². The summed E-state index contributed by atoms with van der Waals surface area (Å²) in [6.45, 7) is 6.47. The van der Waals surface area contributed by atoms with Crippen LogP contribution < -0.4 is 4.74 Å². The molecule has 2 aromatic carbocycles. The van der Waals surface area contributed by atoms with Gasteiger partial charge in [-0.15, -0.1) is 0 Å². The first-order valence-electron chi connectivity index (χ1n) is 9.89. The van der Waals surface area contributed by atoms with Crippen LogP contribution in [0.1, 0.15) is 53.7 Å². The molecule has 0 radical (unpaired) electrons. The van der Waals surface area contributed by atoms with Crippen molar-refractivity contribution in [2.24, 2.45) is 0 Å². The van der Waals surface area contributed by atoms with Gasteiger partial charge in [-0.25, -0.2) is 0 Å². The predicted octanol–water partition coefficient (Wildman–Crippen LogP) is 3.69. The Hall–Kier alpha value is -1.88. The van der Waals surface area contributed by atoms with Crippen LogP contribution in [0.2, 0.25) is 0 Å². The maximum absolute atomic E-state index is 10.7. The molecule has 4 heteroatoms. The largest absolute Gasteiger partial charge is 0.487 e. The minimum atomic E-state index is -0.471. The Morgan fingerprint density at radius 3 is 2.44 bits per heavy atom. The van der Waals surface area contributed by atoms with Gasteiger partial charge in [0, 0.05) is 31.6 Å². The average molecular weight is 367 g/mol. The molecule has 4 nitrogen and oxygen atoms in total. The second kappa shape index (κ2) is 7.27. The van der Waals surface area contributed by atoms with Crippen molar-refractivity contribution in [3.63, 3.8) is 0 Å². The van der Waals surface area contributed by atoms with E-state index in [4.69, 9.17) is 4.74 Å². The maximum Gasteiger partial charge on any atom is 0.125 e. The molecule has 4 rings (SSSR count). The van der Waals surface area contributed by atoms with Gasteiger partial charge in [-0.3, -0.25) is 0 Å². The van der Waals surface area contributed by atoms with Gasteiger partial charge in [-0.2, -0.15) is 0 Å². The number of aryl methyl sites for hydroxylation is 2. The van der Waals surface area contributed by atoms with Gasteiger partial charge in [0.05, 0.1) is 12.2 Å². The third-order valence-electron chi connectivity index (χ3n) is 6.08. The highest BCUT2D eigenvalue weighted by Gasteiger charge is 2.43. The Labute approximate surface area is 161 Å². The quantitative estimate of drug-likeness (QED) is 0.869. The number of hydrogen-bond acceptors (Lipinski definition) is 4. The van der Waals surface area contributed by atoms with Crippen LogP contribution >= 0.6 is 0 Å². The molecule has 0 aliphatic carbocycles. The summed E-state index contributed by atoms with van der Waals surface area (Å²) < 4.78 is 6.39. The highest BCUT2D eigenvalue weighted by Crippen LogP contribution is 2.44. The summed E-state index contributed by atoms with van der Waals surface area (Å²) in [5.41, 5.74) is 3.95. The Morgan fingerprint density at radius 1 is 1.07 bits per heavy atom. The minimum Gasteiger partial charge on any atom is -0.487 e. The molecule has 2 aromatic rings. The molecule has 0 amide bonds. The van der Waals surface area contributed by atoms with E-state index in [0.717, 1.165) is 48.4 Å². The van der Waals surface area contributed by atoms with Gasteiger partial charge >= 0.3 is 0 Å². The van der Waals surface area contributed by atoms with Gasteiger partial charge in [0.2, 0.25) is 0 Å². The van der Waals surface area contributed by atoms with Crippen LogP contribution in [-0.2, 0) is 0 Å². The number of rotatable bonds is 3. The summed E-state index contributed by atoms with van der Waals surface area (Å²) in [5, 5.41) is 21.2. The molecule has 2 aliphatic rings. The fraction of sp³-hybridized carbons (Fsp3) is 0.478. The number of benzene rings is 2. The van der Waals surface area contributed by atoms with Gasteiger partial charge < -0.3 is 19.8 Å². The molecule has 144 valence electrons. The van der Waals surface area contributed by atoms with Crippen LogP contribution in [0.3, 0.4) is 0 Å². The molecule has 2 aliphatic heterocycles. The molecule has 0 saturated carbocycles. The van der Waals surface area contributed by atoms with Crippen molar-refractivity contribution in [2.75, 3.05) is 19.6 Å². The summed E-state index contributed by atoms with van der Waals surface area (Å²) >= 11 is 0. The number of piperidine rings is 1. The zero-order chi connectivity index (χ0) is 19.0. The smallest absolute Gasteiger partial charge is 0.125 e. The van der Waals surface area contributed by atoms with Crippen molar-refractivity contribution in [1.82, 2.24) is 4.90 Å². The van der Waals surface area contributed by atoms with E-state index in [2.05, 4.69) is 11.8 Å². The Morgan fingerprint density at radius 2 is 1.74 bits per heavy atom. The Bertz CT molecular complexity index is 794. The topological polar surface area (TPSA) is 52.9 Å². The fourth-order valence-electron chi connectivity index (χ4n) is 4.35. The lowest BCUT2D eigenvalue weighted by Gasteiger charge is -2.46. The zero-order valence-electron chi connectivity index (χ0n) is 16.2. The second-order valence-electron chi connectivity index (χ2n) is 8.27. The number of aliphatic hydroxyl groups excluding tert-OH is 2. The van der Waals surface area contributed by atoms with Crippen molar-refractivity contribution >= 4 is 0 Å². The van der Waals surface area contributed by atoms with E-state index in [9.17, 15) is 10.2 Å².